The fourth-order valence-electron chi connectivity index (χ4n) is 0.799. The highest BCUT2D eigenvalue weighted by atomic mass is 32.2. The van der Waals surface area contributed by atoms with Crippen molar-refractivity contribution < 1.29 is 23.4 Å². The second-order valence-corrected chi connectivity index (χ2v) is 4.82. The van der Waals surface area contributed by atoms with Crippen molar-refractivity contribution in [2.45, 2.75) is 6.42 Å². The molecule has 6 heteroatoms. The van der Waals surface area contributed by atoms with Gasteiger partial charge in [-0.3, -0.25) is 4.79 Å². The van der Waals surface area contributed by atoms with Gasteiger partial charge in [-0.1, -0.05) is 0 Å². The number of rotatable bonds is 5. The molecule has 0 rings (SSSR count). The molecule has 72 valence electrons. The van der Waals surface area contributed by atoms with Gasteiger partial charge in [0.2, 0.25) is 0 Å². The Morgan fingerprint density at radius 1 is 1.50 bits per heavy atom. The Morgan fingerprint density at radius 2 is 2.00 bits per heavy atom. The maximum atomic E-state index is 10.7. The van der Waals surface area contributed by atoms with Gasteiger partial charge in [-0.15, -0.1) is 0 Å². The first-order valence-corrected chi connectivity index (χ1v) is 5.44. The van der Waals surface area contributed by atoms with Gasteiger partial charge in [0, 0.05) is 12.9 Å². The molecule has 0 aromatic rings. The Bertz CT molecular complexity index is 243. The predicted molar refractivity (Wildman–Crippen MR) is 42.5 cm³/mol. The van der Waals surface area contributed by atoms with Gasteiger partial charge in [-0.2, -0.15) is 0 Å². The molecule has 0 saturated carbocycles. The number of carboxylic acids is 1. The molecule has 0 spiro atoms. The van der Waals surface area contributed by atoms with E-state index < -0.39 is 27.5 Å². The summed E-state index contributed by atoms with van der Waals surface area (Å²) in [5.41, 5.74) is 0. The van der Waals surface area contributed by atoms with E-state index in [9.17, 15) is 13.2 Å². The molecule has 0 bridgehead atoms. The molecule has 0 aromatic carbocycles. The maximum absolute atomic E-state index is 10.7. The standard InChI is InChI=1S/C6H12O5S/c1-12(10,11)4-5(2-3-7)6(8)9/h5,7H,2-4H2,1H3,(H,8,9). The lowest BCUT2D eigenvalue weighted by Gasteiger charge is -2.07. The predicted octanol–water partition coefficient (Wildman–Crippen LogP) is -0.886. The number of aliphatic hydroxyl groups excluding tert-OH is 1. The molecule has 0 aliphatic carbocycles. The third-order valence-corrected chi connectivity index (χ3v) is 2.34. The van der Waals surface area contributed by atoms with Crippen LogP contribution in [0.3, 0.4) is 0 Å². The van der Waals surface area contributed by atoms with Crippen LogP contribution in [0.25, 0.3) is 0 Å². The first-order chi connectivity index (χ1) is 5.37. The molecule has 5 nitrogen and oxygen atoms in total. The van der Waals surface area contributed by atoms with Gasteiger partial charge >= 0.3 is 5.97 Å². The Labute approximate surface area is 70.9 Å². The highest BCUT2D eigenvalue weighted by Crippen LogP contribution is 2.05. The largest absolute Gasteiger partial charge is 0.481 e. The quantitative estimate of drug-likeness (QED) is 0.595. The third kappa shape index (κ3) is 5.09. The van der Waals surface area contributed by atoms with E-state index in [1.807, 2.05) is 0 Å². The Kier molecular flexibility index (Phi) is 4.19. The molecule has 2 N–H and O–H groups in total. The lowest BCUT2D eigenvalue weighted by Crippen LogP contribution is -2.24. The molecule has 0 amide bonds. The highest BCUT2D eigenvalue weighted by molar-refractivity contribution is 7.90. The minimum Gasteiger partial charge on any atom is -0.481 e. The zero-order valence-corrected chi connectivity index (χ0v) is 7.54. The van der Waals surface area contributed by atoms with E-state index in [1.54, 1.807) is 0 Å². The summed E-state index contributed by atoms with van der Waals surface area (Å²) in [7, 11) is -3.28. The monoisotopic (exact) mass is 196 g/mol. The van der Waals surface area contributed by atoms with Crippen LogP contribution < -0.4 is 0 Å². The average Bonchev–Trinajstić information content (AvgIpc) is 1.83. The van der Waals surface area contributed by atoms with Crippen LogP contribution in [0.5, 0.6) is 0 Å². The van der Waals surface area contributed by atoms with Crippen molar-refractivity contribution >= 4 is 15.8 Å². The summed E-state index contributed by atoms with van der Waals surface area (Å²) in [6.45, 7) is -0.313. The summed E-state index contributed by atoms with van der Waals surface area (Å²) in [6.07, 6.45) is 0.947. The number of carbonyl (C=O) groups is 1. The summed E-state index contributed by atoms with van der Waals surface area (Å²) in [5.74, 6) is -2.59. The summed E-state index contributed by atoms with van der Waals surface area (Å²) < 4.78 is 21.4. The zero-order chi connectivity index (χ0) is 9.78. The number of hydrogen-bond acceptors (Lipinski definition) is 4. The molecule has 0 radical (unpaired) electrons. The van der Waals surface area contributed by atoms with E-state index in [-0.39, 0.29) is 13.0 Å². The van der Waals surface area contributed by atoms with E-state index >= 15 is 0 Å². The number of aliphatic hydroxyl groups is 1. The van der Waals surface area contributed by atoms with Crippen molar-refractivity contribution in [1.29, 1.82) is 0 Å². The summed E-state index contributed by atoms with van der Waals surface area (Å²) in [4.78, 5) is 10.4. The highest BCUT2D eigenvalue weighted by Gasteiger charge is 2.21. The maximum Gasteiger partial charge on any atom is 0.307 e. The molecule has 0 aliphatic heterocycles. The lowest BCUT2D eigenvalue weighted by atomic mass is 10.1. The smallest absolute Gasteiger partial charge is 0.307 e. The van der Waals surface area contributed by atoms with Crippen LogP contribution in [0, 0.1) is 5.92 Å². The van der Waals surface area contributed by atoms with E-state index in [4.69, 9.17) is 10.2 Å². The van der Waals surface area contributed by atoms with Gasteiger partial charge in [-0.25, -0.2) is 8.42 Å². The lowest BCUT2D eigenvalue weighted by molar-refractivity contribution is -0.141. The van der Waals surface area contributed by atoms with Crippen LogP contribution in [0.1, 0.15) is 6.42 Å². The topological polar surface area (TPSA) is 91.7 Å². The molecule has 0 aromatic heterocycles. The van der Waals surface area contributed by atoms with Crippen molar-refractivity contribution in [2.24, 2.45) is 5.92 Å². The second kappa shape index (κ2) is 4.42. The normalized spacial score (nSPS) is 14.2. The molecule has 0 fully saturated rings. The van der Waals surface area contributed by atoms with Crippen LogP contribution in [-0.2, 0) is 14.6 Å². The minimum absolute atomic E-state index is 0.0254. The molecular weight excluding hydrogens is 184 g/mol. The Balaban J connectivity index is 4.24. The first kappa shape index (κ1) is 11.4. The fourth-order valence-corrected chi connectivity index (χ4v) is 1.84. The van der Waals surface area contributed by atoms with Gasteiger partial charge in [0.15, 0.2) is 0 Å². The first-order valence-electron chi connectivity index (χ1n) is 3.38. The van der Waals surface area contributed by atoms with E-state index in [1.165, 1.54) is 0 Å². The van der Waals surface area contributed by atoms with Crippen molar-refractivity contribution in [2.75, 3.05) is 18.6 Å². The fraction of sp³-hybridized carbons (Fsp3) is 0.833. The van der Waals surface area contributed by atoms with Crippen molar-refractivity contribution in [3.8, 4) is 0 Å². The molecule has 0 heterocycles. The Morgan fingerprint density at radius 3 is 2.25 bits per heavy atom. The van der Waals surface area contributed by atoms with Crippen LogP contribution in [-0.4, -0.2) is 43.2 Å². The molecule has 1 atom stereocenters. The van der Waals surface area contributed by atoms with Crippen LogP contribution in [0.15, 0.2) is 0 Å². The minimum atomic E-state index is -3.28. The van der Waals surface area contributed by atoms with E-state index in [2.05, 4.69) is 0 Å². The number of aliphatic carboxylic acids is 1. The SMILES string of the molecule is CS(=O)(=O)CC(CCO)C(=O)O. The molecular formula is C6H12O5S. The van der Waals surface area contributed by atoms with Crippen LogP contribution in [0.2, 0.25) is 0 Å². The zero-order valence-electron chi connectivity index (χ0n) is 6.73. The van der Waals surface area contributed by atoms with Crippen molar-refractivity contribution in [3.05, 3.63) is 0 Å². The van der Waals surface area contributed by atoms with Crippen LogP contribution >= 0.6 is 0 Å². The summed E-state index contributed by atoms with van der Waals surface area (Å²) in [5, 5.41) is 16.9. The van der Waals surface area contributed by atoms with Crippen molar-refractivity contribution in [1.82, 2.24) is 0 Å². The molecule has 0 saturated heterocycles. The molecule has 0 aliphatic rings. The summed E-state index contributed by atoms with van der Waals surface area (Å²) in [6, 6.07) is 0. The number of sulfone groups is 1. The average molecular weight is 196 g/mol. The third-order valence-electron chi connectivity index (χ3n) is 1.33. The van der Waals surface area contributed by atoms with Gasteiger partial charge in [0.05, 0.1) is 11.7 Å². The van der Waals surface area contributed by atoms with Gasteiger partial charge < -0.3 is 10.2 Å². The van der Waals surface area contributed by atoms with Crippen molar-refractivity contribution in [3.63, 3.8) is 0 Å². The molecule has 1 unspecified atom stereocenters. The van der Waals surface area contributed by atoms with E-state index in [0.717, 1.165) is 6.26 Å². The van der Waals surface area contributed by atoms with Crippen LogP contribution in [0.4, 0.5) is 0 Å². The molecule has 12 heavy (non-hydrogen) atoms. The van der Waals surface area contributed by atoms with Gasteiger partial charge in [0.25, 0.3) is 0 Å². The Hall–Kier alpha value is -0.620. The van der Waals surface area contributed by atoms with Gasteiger partial charge in [-0.05, 0) is 6.42 Å². The number of hydrogen-bond donors (Lipinski definition) is 2. The number of carboxylic acid groups (broad SMARTS) is 1. The van der Waals surface area contributed by atoms with E-state index in [0.29, 0.717) is 0 Å². The summed E-state index contributed by atoms with van der Waals surface area (Å²) >= 11 is 0. The van der Waals surface area contributed by atoms with Gasteiger partial charge in [0.1, 0.15) is 9.84 Å². The second-order valence-electron chi connectivity index (χ2n) is 2.64.